The molecule has 0 bridgehead atoms. The number of carbonyl (C=O) groups is 1. The maximum Gasteiger partial charge on any atom is 0.410 e. The molecule has 24 heavy (non-hydrogen) atoms. The van der Waals surface area contributed by atoms with E-state index in [1.54, 1.807) is 6.92 Å². The zero-order chi connectivity index (χ0) is 17.8. The van der Waals surface area contributed by atoms with Crippen LogP contribution in [0.1, 0.15) is 32.6 Å². The topological polar surface area (TPSA) is 108 Å². The van der Waals surface area contributed by atoms with Crippen LogP contribution < -0.4 is 9.61 Å². The summed E-state index contributed by atoms with van der Waals surface area (Å²) in [7, 11) is 0. The highest BCUT2D eigenvalue weighted by molar-refractivity contribution is 7.84. The Kier molecular flexibility index (Phi) is 5.85. The third-order valence-electron chi connectivity index (χ3n) is 3.74. The van der Waals surface area contributed by atoms with Crippen molar-refractivity contribution in [3.63, 3.8) is 0 Å². The Bertz CT molecular complexity index is 660. The molecule has 0 spiro atoms. The Morgan fingerprint density at radius 3 is 2.46 bits per heavy atom. The molecule has 1 aromatic carbocycles. The van der Waals surface area contributed by atoms with Crippen LogP contribution in [0.4, 0.5) is 5.69 Å². The number of nitro groups is 1. The Balaban J connectivity index is 2.12. The fourth-order valence-corrected chi connectivity index (χ4v) is 4.64. The molecule has 1 aromatic rings. The van der Waals surface area contributed by atoms with Gasteiger partial charge in [0.05, 0.1) is 11.5 Å². The highest BCUT2D eigenvalue weighted by Gasteiger charge is 2.47. The van der Waals surface area contributed by atoms with E-state index < -0.39 is 23.3 Å². The molecule has 0 radical (unpaired) electrons. The van der Waals surface area contributed by atoms with E-state index in [0.29, 0.717) is 12.8 Å². The number of nitrogens with zero attached hydrogens (tertiary/aromatic N) is 1. The van der Waals surface area contributed by atoms with Gasteiger partial charge in [-0.25, -0.2) is 9.65 Å². The molecule has 2 rings (SSSR count). The molecule has 0 saturated heterocycles. The number of benzene rings is 1. The predicted molar refractivity (Wildman–Crippen MR) is 88.2 cm³/mol. The minimum atomic E-state index is -3.89. The molecule has 1 aliphatic rings. The van der Waals surface area contributed by atoms with E-state index in [0.717, 1.165) is 12.8 Å². The van der Waals surface area contributed by atoms with Crippen molar-refractivity contribution in [3.8, 4) is 5.75 Å². The second-order valence-electron chi connectivity index (χ2n) is 5.44. The number of rotatable bonds is 7. The standard InChI is InChI=1S/C14H18ClN2O6P/c1-2-22-13(18)14(9-3-4-10-14)16-24(15,21)23-12-7-5-11(6-8-12)17(19)20/h5-8H,2-4,9-10H2,1H3,(H,16,21). The van der Waals surface area contributed by atoms with Crippen LogP contribution in [-0.2, 0) is 14.1 Å². The molecule has 8 nitrogen and oxygen atoms in total. The Labute approximate surface area is 143 Å². The Morgan fingerprint density at radius 2 is 1.96 bits per heavy atom. The van der Waals surface area contributed by atoms with Crippen molar-refractivity contribution in [1.82, 2.24) is 5.09 Å². The van der Waals surface area contributed by atoms with Crippen molar-refractivity contribution in [2.45, 2.75) is 38.1 Å². The fraction of sp³-hybridized carbons (Fsp3) is 0.500. The molecular weight excluding hydrogens is 359 g/mol. The van der Waals surface area contributed by atoms with Gasteiger partial charge in [0, 0.05) is 23.4 Å². The van der Waals surface area contributed by atoms with Gasteiger partial charge in [-0.2, -0.15) is 0 Å². The van der Waals surface area contributed by atoms with Gasteiger partial charge >= 0.3 is 12.8 Å². The molecule has 1 fully saturated rings. The SMILES string of the molecule is CCOC(=O)C1(NP(=O)(Cl)Oc2ccc([N+](=O)[O-])cc2)CCCC1. The molecule has 1 aliphatic carbocycles. The number of carbonyl (C=O) groups excluding carboxylic acids is 1. The summed E-state index contributed by atoms with van der Waals surface area (Å²) >= 11 is 5.97. The molecular formula is C14H18ClN2O6P. The van der Waals surface area contributed by atoms with E-state index in [1.807, 2.05) is 0 Å². The lowest BCUT2D eigenvalue weighted by Crippen LogP contribution is -2.49. The summed E-state index contributed by atoms with van der Waals surface area (Å²) < 4.78 is 22.8. The number of nitro benzene ring substituents is 1. The molecule has 1 unspecified atom stereocenters. The number of hydrogen-bond acceptors (Lipinski definition) is 6. The van der Waals surface area contributed by atoms with Crippen LogP contribution in [0.2, 0.25) is 0 Å². The third-order valence-corrected chi connectivity index (χ3v) is 5.34. The molecule has 132 valence electrons. The molecule has 1 saturated carbocycles. The summed E-state index contributed by atoms with van der Waals surface area (Å²) in [6.45, 7) is -2.00. The van der Waals surface area contributed by atoms with Gasteiger partial charge in [-0.05, 0) is 31.9 Å². The van der Waals surface area contributed by atoms with Crippen molar-refractivity contribution >= 4 is 29.8 Å². The first kappa shape index (κ1) is 18.7. The van der Waals surface area contributed by atoms with E-state index in [9.17, 15) is 19.5 Å². The monoisotopic (exact) mass is 376 g/mol. The lowest BCUT2D eigenvalue weighted by atomic mass is 10.00. The zero-order valence-corrected chi connectivity index (χ0v) is 14.7. The van der Waals surface area contributed by atoms with Gasteiger partial charge in [0.25, 0.3) is 5.69 Å². The van der Waals surface area contributed by atoms with Gasteiger partial charge in [0.15, 0.2) is 0 Å². The number of halogens is 1. The Morgan fingerprint density at radius 1 is 1.38 bits per heavy atom. The zero-order valence-electron chi connectivity index (χ0n) is 13.1. The van der Waals surface area contributed by atoms with Crippen molar-refractivity contribution in [2.24, 2.45) is 0 Å². The molecule has 1 atom stereocenters. The van der Waals surface area contributed by atoms with E-state index in [-0.39, 0.29) is 18.0 Å². The van der Waals surface area contributed by atoms with Crippen molar-refractivity contribution < 1.29 is 23.5 Å². The normalized spacial score (nSPS) is 18.6. The van der Waals surface area contributed by atoms with Crippen molar-refractivity contribution in [2.75, 3.05) is 6.61 Å². The smallest absolute Gasteiger partial charge is 0.410 e. The number of hydrogen-bond donors (Lipinski definition) is 1. The molecule has 0 amide bonds. The first-order valence-electron chi connectivity index (χ1n) is 7.48. The van der Waals surface area contributed by atoms with Crippen molar-refractivity contribution in [1.29, 1.82) is 0 Å². The van der Waals surface area contributed by atoms with Gasteiger partial charge < -0.3 is 9.26 Å². The summed E-state index contributed by atoms with van der Waals surface area (Å²) in [6, 6.07) is 5.01. The van der Waals surface area contributed by atoms with Gasteiger partial charge in [0.2, 0.25) is 0 Å². The van der Waals surface area contributed by atoms with Crippen LogP contribution in [0.15, 0.2) is 24.3 Å². The van der Waals surface area contributed by atoms with Crippen LogP contribution in [0.3, 0.4) is 0 Å². The maximum absolute atomic E-state index is 12.6. The summed E-state index contributed by atoms with van der Waals surface area (Å²) in [4.78, 5) is 22.3. The second kappa shape index (κ2) is 7.51. The highest BCUT2D eigenvalue weighted by Crippen LogP contribution is 2.52. The van der Waals surface area contributed by atoms with E-state index >= 15 is 0 Å². The second-order valence-corrected chi connectivity index (χ2v) is 8.14. The average Bonchev–Trinajstić information content (AvgIpc) is 2.96. The molecule has 10 heteroatoms. The Hall–Kier alpha value is -1.63. The molecule has 0 heterocycles. The average molecular weight is 377 g/mol. The van der Waals surface area contributed by atoms with Crippen LogP contribution in [0.25, 0.3) is 0 Å². The van der Waals surface area contributed by atoms with Crippen LogP contribution >= 0.6 is 18.1 Å². The van der Waals surface area contributed by atoms with E-state index in [1.165, 1.54) is 24.3 Å². The summed E-state index contributed by atoms with van der Waals surface area (Å²) in [6.07, 6.45) is 2.46. The van der Waals surface area contributed by atoms with Crippen molar-refractivity contribution in [3.05, 3.63) is 34.4 Å². The summed E-state index contributed by atoms with van der Waals surface area (Å²) in [5, 5.41) is 13.3. The number of esters is 1. The number of non-ortho nitro benzene ring substituents is 1. The van der Waals surface area contributed by atoms with Gasteiger partial charge in [-0.1, -0.05) is 12.8 Å². The van der Waals surface area contributed by atoms with Crippen LogP contribution in [0, 0.1) is 10.1 Å². The quantitative estimate of drug-likeness (QED) is 0.334. The van der Waals surface area contributed by atoms with Gasteiger partial charge in [-0.15, -0.1) is 0 Å². The van der Waals surface area contributed by atoms with Gasteiger partial charge in [-0.3, -0.25) is 14.9 Å². The maximum atomic E-state index is 12.6. The largest absolute Gasteiger partial charge is 0.465 e. The summed E-state index contributed by atoms with van der Waals surface area (Å²) in [5.41, 5.74) is -1.26. The lowest BCUT2D eigenvalue weighted by Gasteiger charge is -2.29. The molecule has 0 aliphatic heterocycles. The minimum absolute atomic E-state index is 0.100. The minimum Gasteiger partial charge on any atom is -0.465 e. The molecule has 1 N–H and O–H groups in total. The highest BCUT2D eigenvalue weighted by atomic mass is 35.7. The van der Waals surface area contributed by atoms with Crippen LogP contribution in [-0.4, -0.2) is 23.0 Å². The van der Waals surface area contributed by atoms with E-state index in [4.69, 9.17) is 20.5 Å². The first-order valence-corrected chi connectivity index (χ1v) is 10.0. The number of ether oxygens (including phenoxy) is 1. The van der Waals surface area contributed by atoms with Crippen LogP contribution in [0.5, 0.6) is 5.75 Å². The number of nitrogens with one attached hydrogen (secondary N) is 1. The van der Waals surface area contributed by atoms with E-state index in [2.05, 4.69) is 5.09 Å². The predicted octanol–water partition coefficient (Wildman–Crippen LogP) is 3.79. The first-order chi connectivity index (χ1) is 11.3. The summed E-state index contributed by atoms with van der Waals surface area (Å²) in [5.74, 6) is -0.404. The molecule has 0 aromatic heterocycles. The van der Waals surface area contributed by atoms with Gasteiger partial charge in [0.1, 0.15) is 11.3 Å². The third kappa shape index (κ3) is 4.47. The lowest BCUT2D eigenvalue weighted by molar-refractivity contribution is -0.384. The fourth-order valence-electron chi connectivity index (χ4n) is 2.65.